The first-order valence-corrected chi connectivity index (χ1v) is 6.96. The van der Waals surface area contributed by atoms with Crippen molar-refractivity contribution in [1.29, 1.82) is 0 Å². The van der Waals surface area contributed by atoms with E-state index in [2.05, 4.69) is 10.1 Å². The van der Waals surface area contributed by atoms with Crippen molar-refractivity contribution < 1.29 is 4.52 Å². The van der Waals surface area contributed by atoms with E-state index in [0.29, 0.717) is 24.1 Å². The molecule has 1 aliphatic carbocycles. The van der Waals surface area contributed by atoms with E-state index in [1.54, 1.807) is 0 Å². The highest BCUT2D eigenvalue weighted by Gasteiger charge is 2.24. The Morgan fingerprint density at radius 2 is 1.95 bits per heavy atom. The monoisotopic (exact) mass is 257 g/mol. The predicted octanol–water partition coefficient (Wildman–Crippen LogP) is 2.80. The van der Waals surface area contributed by atoms with Crippen LogP contribution < -0.4 is 5.73 Å². The summed E-state index contributed by atoms with van der Waals surface area (Å²) in [6.07, 6.45) is 5.77. The van der Waals surface area contributed by atoms with E-state index in [0.717, 1.165) is 5.56 Å². The van der Waals surface area contributed by atoms with Crippen molar-refractivity contribution >= 4 is 0 Å². The highest BCUT2D eigenvalue weighted by molar-refractivity contribution is 5.53. The summed E-state index contributed by atoms with van der Waals surface area (Å²) in [6, 6.07) is 10.0. The van der Waals surface area contributed by atoms with Gasteiger partial charge in [0.25, 0.3) is 0 Å². The minimum absolute atomic E-state index is 0.145. The quantitative estimate of drug-likeness (QED) is 0.914. The zero-order chi connectivity index (χ0) is 13.1. The molecule has 1 heterocycles. The van der Waals surface area contributed by atoms with Crippen LogP contribution in [0.3, 0.4) is 0 Å². The molecule has 1 aliphatic rings. The molecule has 4 heteroatoms. The SMILES string of the molecule is NC(Cc1nc(-c2ccccc2)no1)C1CCCC1. The summed E-state index contributed by atoms with van der Waals surface area (Å²) in [7, 11) is 0. The molecule has 1 fully saturated rings. The normalized spacial score (nSPS) is 17.7. The highest BCUT2D eigenvalue weighted by atomic mass is 16.5. The number of rotatable bonds is 4. The second-order valence-corrected chi connectivity index (χ2v) is 5.29. The van der Waals surface area contributed by atoms with E-state index in [-0.39, 0.29) is 6.04 Å². The zero-order valence-corrected chi connectivity index (χ0v) is 11.0. The average Bonchev–Trinajstić information content (AvgIpc) is 3.11. The molecule has 0 bridgehead atoms. The van der Waals surface area contributed by atoms with Gasteiger partial charge in [0.15, 0.2) is 0 Å². The van der Waals surface area contributed by atoms with E-state index in [1.807, 2.05) is 30.3 Å². The molecule has 1 aromatic carbocycles. The van der Waals surface area contributed by atoms with Crippen molar-refractivity contribution in [2.45, 2.75) is 38.1 Å². The summed E-state index contributed by atoms with van der Waals surface area (Å²) in [4.78, 5) is 4.43. The van der Waals surface area contributed by atoms with E-state index < -0.39 is 0 Å². The number of benzene rings is 1. The third kappa shape index (κ3) is 2.84. The Balaban J connectivity index is 1.68. The van der Waals surface area contributed by atoms with Gasteiger partial charge in [-0.25, -0.2) is 0 Å². The van der Waals surface area contributed by atoms with Crippen LogP contribution in [-0.4, -0.2) is 16.2 Å². The summed E-state index contributed by atoms with van der Waals surface area (Å²) >= 11 is 0. The van der Waals surface area contributed by atoms with E-state index in [4.69, 9.17) is 10.3 Å². The molecule has 2 aromatic rings. The summed E-state index contributed by atoms with van der Waals surface area (Å²) < 4.78 is 5.31. The Hall–Kier alpha value is -1.68. The maximum absolute atomic E-state index is 6.23. The van der Waals surface area contributed by atoms with Gasteiger partial charge in [-0.3, -0.25) is 0 Å². The lowest BCUT2D eigenvalue weighted by Crippen LogP contribution is -2.30. The van der Waals surface area contributed by atoms with Crippen LogP contribution in [0.2, 0.25) is 0 Å². The van der Waals surface area contributed by atoms with Crippen LogP contribution in [0.15, 0.2) is 34.9 Å². The van der Waals surface area contributed by atoms with Crippen LogP contribution in [-0.2, 0) is 6.42 Å². The van der Waals surface area contributed by atoms with Crippen LogP contribution in [0.25, 0.3) is 11.4 Å². The van der Waals surface area contributed by atoms with Gasteiger partial charge >= 0.3 is 0 Å². The minimum atomic E-state index is 0.145. The third-order valence-electron chi connectivity index (χ3n) is 3.92. The van der Waals surface area contributed by atoms with Crippen molar-refractivity contribution in [2.75, 3.05) is 0 Å². The number of aromatic nitrogens is 2. The molecular formula is C15H19N3O. The molecule has 0 amide bonds. The molecule has 2 N–H and O–H groups in total. The van der Waals surface area contributed by atoms with Gasteiger partial charge < -0.3 is 10.3 Å². The van der Waals surface area contributed by atoms with Crippen LogP contribution >= 0.6 is 0 Å². The molecular weight excluding hydrogens is 238 g/mol. The molecule has 1 aromatic heterocycles. The predicted molar refractivity (Wildman–Crippen MR) is 73.4 cm³/mol. The van der Waals surface area contributed by atoms with Crippen LogP contribution in [0, 0.1) is 5.92 Å². The molecule has 1 unspecified atom stereocenters. The Morgan fingerprint density at radius 1 is 1.21 bits per heavy atom. The largest absolute Gasteiger partial charge is 0.339 e. The molecule has 1 atom stereocenters. The number of nitrogens with zero attached hydrogens (tertiary/aromatic N) is 2. The molecule has 0 spiro atoms. The van der Waals surface area contributed by atoms with Gasteiger partial charge in [0.1, 0.15) is 0 Å². The molecule has 0 aliphatic heterocycles. The second kappa shape index (κ2) is 5.53. The summed E-state index contributed by atoms with van der Waals surface area (Å²) in [5, 5.41) is 4.02. The van der Waals surface area contributed by atoms with E-state index in [1.165, 1.54) is 25.7 Å². The molecule has 4 nitrogen and oxygen atoms in total. The Kier molecular flexibility index (Phi) is 3.60. The molecule has 3 rings (SSSR count). The fourth-order valence-corrected chi connectivity index (χ4v) is 2.80. The van der Waals surface area contributed by atoms with Gasteiger partial charge in [-0.2, -0.15) is 4.98 Å². The van der Waals surface area contributed by atoms with Crippen molar-refractivity contribution in [3.8, 4) is 11.4 Å². The zero-order valence-electron chi connectivity index (χ0n) is 11.0. The highest BCUT2D eigenvalue weighted by Crippen LogP contribution is 2.28. The lowest BCUT2D eigenvalue weighted by molar-refractivity contribution is 0.341. The van der Waals surface area contributed by atoms with Gasteiger partial charge in [-0.05, 0) is 18.8 Å². The van der Waals surface area contributed by atoms with Gasteiger partial charge in [-0.1, -0.05) is 48.3 Å². The lowest BCUT2D eigenvalue weighted by atomic mass is 9.96. The number of hydrogen-bond acceptors (Lipinski definition) is 4. The second-order valence-electron chi connectivity index (χ2n) is 5.29. The van der Waals surface area contributed by atoms with Gasteiger partial charge in [0.05, 0.1) is 0 Å². The number of nitrogens with two attached hydrogens (primary N) is 1. The first kappa shape index (κ1) is 12.4. The molecule has 0 radical (unpaired) electrons. The smallest absolute Gasteiger partial charge is 0.228 e. The third-order valence-corrected chi connectivity index (χ3v) is 3.92. The van der Waals surface area contributed by atoms with Crippen LogP contribution in [0.1, 0.15) is 31.6 Å². The molecule has 0 saturated heterocycles. The molecule has 1 saturated carbocycles. The van der Waals surface area contributed by atoms with Crippen molar-refractivity contribution in [3.05, 3.63) is 36.2 Å². The van der Waals surface area contributed by atoms with Crippen LogP contribution in [0.5, 0.6) is 0 Å². The molecule has 100 valence electrons. The topological polar surface area (TPSA) is 64.9 Å². The Morgan fingerprint density at radius 3 is 2.68 bits per heavy atom. The van der Waals surface area contributed by atoms with E-state index in [9.17, 15) is 0 Å². The fraction of sp³-hybridized carbons (Fsp3) is 0.467. The van der Waals surface area contributed by atoms with Crippen molar-refractivity contribution in [3.63, 3.8) is 0 Å². The van der Waals surface area contributed by atoms with Gasteiger partial charge in [0, 0.05) is 18.0 Å². The Bertz CT molecular complexity index is 517. The summed E-state index contributed by atoms with van der Waals surface area (Å²) in [5.41, 5.74) is 7.21. The lowest BCUT2D eigenvalue weighted by Gasteiger charge is -2.16. The van der Waals surface area contributed by atoms with Crippen molar-refractivity contribution in [2.24, 2.45) is 11.7 Å². The molecule has 19 heavy (non-hydrogen) atoms. The summed E-state index contributed by atoms with van der Waals surface area (Å²) in [6.45, 7) is 0. The summed E-state index contributed by atoms with van der Waals surface area (Å²) in [5.74, 6) is 1.92. The van der Waals surface area contributed by atoms with E-state index >= 15 is 0 Å². The first-order chi connectivity index (χ1) is 9.33. The standard InChI is InChI=1S/C15H19N3O/c16-13(11-6-4-5-7-11)10-14-17-15(18-19-14)12-8-2-1-3-9-12/h1-3,8-9,11,13H,4-7,10,16H2. The maximum atomic E-state index is 6.23. The van der Waals surface area contributed by atoms with Gasteiger partial charge in [-0.15, -0.1) is 0 Å². The minimum Gasteiger partial charge on any atom is -0.339 e. The van der Waals surface area contributed by atoms with Crippen molar-refractivity contribution in [1.82, 2.24) is 10.1 Å². The Labute approximate surface area is 113 Å². The first-order valence-electron chi connectivity index (χ1n) is 6.96. The maximum Gasteiger partial charge on any atom is 0.228 e. The average molecular weight is 257 g/mol. The fourth-order valence-electron chi connectivity index (χ4n) is 2.80. The van der Waals surface area contributed by atoms with Crippen LogP contribution in [0.4, 0.5) is 0 Å². The number of hydrogen-bond donors (Lipinski definition) is 1. The van der Waals surface area contributed by atoms with Gasteiger partial charge in [0.2, 0.25) is 11.7 Å².